The maximum Gasteiger partial charge on any atom is 0.322 e. The minimum atomic E-state index is -0.267. The van der Waals surface area contributed by atoms with Crippen LogP contribution in [0.4, 0.5) is 10.5 Å². The summed E-state index contributed by atoms with van der Waals surface area (Å²) in [6.07, 6.45) is 3.11. The number of ether oxygens (including phenoxy) is 1. The molecule has 0 saturated heterocycles. The van der Waals surface area contributed by atoms with Crippen LogP contribution in [0.5, 0.6) is 5.75 Å². The van der Waals surface area contributed by atoms with Crippen LogP contribution in [0.3, 0.4) is 0 Å². The van der Waals surface area contributed by atoms with Crippen LogP contribution in [0.15, 0.2) is 66.9 Å². The molecule has 4 aromatic rings. The van der Waals surface area contributed by atoms with Gasteiger partial charge in [-0.25, -0.2) is 4.79 Å². The molecular formula is C28H27ClN4O2S. The number of methoxy groups -OCH3 is 1. The number of rotatable bonds is 3. The van der Waals surface area contributed by atoms with Gasteiger partial charge in [-0.3, -0.25) is 0 Å². The zero-order chi connectivity index (χ0) is 24.8. The Kier molecular flexibility index (Phi) is 5.99. The van der Waals surface area contributed by atoms with Crippen molar-refractivity contribution >= 4 is 34.7 Å². The molecule has 6 nitrogen and oxygen atoms in total. The minimum Gasteiger partial charge on any atom is -0.497 e. The lowest BCUT2D eigenvalue weighted by Gasteiger charge is -2.32. The number of halogens is 1. The van der Waals surface area contributed by atoms with Crippen LogP contribution >= 0.6 is 22.9 Å². The second-order valence-corrected chi connectivity index (χ2v) is 10.8. The third-order valence-corrected chi connectivity index (χ3v) is 8.55. The predicted molar refractivity (Wildman–Crippen MR) is 145 cm³/mol. The fourth-order valence-electron chi connectivity index (χ4n) is 5.22. The molecule has 2 aromatic carbocycles. The van der Waals surface area contributed by atoms with Crippen molar-refractivity contribution in [2.45, 2.75) is 25.6 Å². The van der Waals surface area contributed by atoms with Crippen LogP contribution < -0.4 is 10.1 Å². The fraction of sp³-hybridized carbons (Fsp3) is 0.250. The summed E-state index contributed by atoms with van der Waals surface area (Å²) in [5.41, 5.74) is 5.46. The van der Waals surface area contributed by atoms with E-state index >= 15 is 0 Å². The third-order valence-electron chi connectivity index (χ3n) is 7.04. The van der Waals surface area contributed by atoms with Gasteiger partial charge in [0.2, 0.25) is 0 Å². The van der Waals surface area contributed by atoms with Gasteiger partial charge in [-0.15, -0.1) is 11.3 Å². The Labute approximate surface area is 219 Å². The van der Waals surface area contributed by atoms with Gasteiger partial charge in [0.25, 0.3) is 0 Å². The lowest BCUT2D eigenvalue weighted by atomic mass is 10.0. The highest BCUT2D eigenvalue weighted by Gasteiger charge is 2.36. The molecule has 2 aliphatic rings. The van der Waals surface area contributed by atoms with Crippen molar-refractivity contribution < 1.29 is 9.53 Å². The zero-order valence-corrected chi connectivity index (χ0v) is 21.8. The highest BCUT2D eigenvalue weighted by Crippen LogP contribution is 2.43. The summed E-state index contributed by atoms with van der Waals surface area (Å²) >= 11 is 8.08. The second-order valence-electron chi connectivity index (χ2n) is 9.32. The molecule has 0 saturated carbocycles. The molecular weight excluding hydrogens is 492 g/mol. The molecule has 4 heterocycles. The first kappa shape index (κ1) is 23.2. The Bertz CT molecular complexity index is 1410. The number of carbonyl (C=O) groups excluding carboxylic acids is 1. The smallest absolute Gasteiger partial charge is 0.322 e. The van der Waals surface area contributed by atoms with E-state index in [2.05, 4.69) is 40.2 Å². The fourth-order valence-corrected chi connectivity index (χ4v) is 6.79. The van der Waals surface area contributed by atoms with Gasteiger partial charge in [-0.05, 0) is 73.1 Å². The number of hydrogen-bond acceptors (Lipinski definition) is 4. The number of fused-ring (bicyclic) bond motifs is 5. The summed E-state index contributed by atoms with van der Waals surface area (Å²) in [6, 6.07) is 19.0. The van der Waals surface area contributed by atoms with E-state index < -0.39 is 0 Å². The molecule has 2 aromatic heterocycles. The summed E-state index contributed by atoms with van der Waals surface area (Å²) in [6.45, 7) is 2.50. The lowest BCUT2D eigenvalue weighted by Crippen LogP contribution is -2.38. The maximum absolute atomic E-state index is 14.0. The van der Waals surface area contributed by atoms with Crippen LogP contribution in [0.2, 0.25) is 5.02 Å². The first-order valence-corrected chi connectivity index (χ1v) is 13.2. The van der Waals surface area contributed by atoms with E-state index in [0.29, 0.717) is 11.6 Å². The first-order chi connectivity index (χ1) is 17.5. The number of carbonyl (C=O) groups is 1. The van der Waals surface area contributed by atoms with Gasteiger partial charge >= 0.3 is 6.03 Å². The van der Waals surface area contributed by atoms with Crippen LogP contribution in [-0.2, 0) is 19.5 Å². The molecule has 0 radical (unpaired) electrons. The Hall–Kier alpha value is -3.26. The molecule has 1 atom stereocenters. The molecule has 6 rings (SSSR count). The number of thiophene rings is 1. The van der Waals surface area contributed by atoms with E-state index in [9.17, 15) is 4.79 Å². The van der Waals surface area contributed by atoms with E-state index in [1.807, 2.05) is 64.8 Å². The first-order valence-electron chi connectivity index (χ1n) is 12.0. The summed E-state index contributed by atoms with van der Waals surface area (Å²) in [5, 5.41) is 5.02. The normalized spacial score (nSPS) is 17.1. The number of hydrogen-bond donors (Lipinski definition) is 1. The van der Waals surface area contributed by atoms with Crippen molar-refractivity contribution in [3.8, 4) is 10.8 Å². The summed E-state index contributed by atoms with van der Waals surface area (Å²) in [5.74, 6) is 0.749. The van der Waals surface area contributed by atoms with Crippen molar-refractivity contribution in [3.63, 3.8) is 0 Å². The molecule has 0 spiro atoms. The van der Waals surface area contributed by atoms with Crippen LogP contribution in [0.25, 0.3) is 5.00 Å². The van der Waals surface area contributed by atoms with Gasteiger partial charge in [-0.2, -0.15) is 0 Å². The summed E-state index contributed by atoms with van der Waals surface area (Å²) < 4.78 is 7.55. The maximum atomic E-state index is 14.0. The average Bonchev–Trinajstić information content (AvgIpc) is 3.46. The number of aromatic nitrogens is 1. The van der Waals surface area contributed by atoms with Crippen molar-refractivity contribution in [1.29, 1.82) is 0 Å². The topological polar surface area (TPSA) is 49.7 Å². The van der Waals surface area contributed by atoms with Gasteiger partial charge in [0, 0.05) is 40.4 Å². The molecule has 1 N–H and O–H groups in total. The van der Waals surface area contributed by atoms with E-state index in [-0.39, 0.29) is 12.1 Å². The highest BCUT2D eigenvalue weighted by atomic mass is 35.5. The van der Waals surface area contributed by atoms with Gasteiger partial charge < -0.3 is 24.4 Å². The number of nitrogens with zero attached hydrogens (tertiary/aromatic N) is 3. The molecule has 0 aliphatic carbocycles. The Morgan fingerprint density at radius 1 is 1.06 bits per heavy atom. The van der Waals surface area contributed by atoms with Crippen LogP contribution in [0.1, 0.15) is 33.3 Å². The summed E-state index contributed by atoms with van der Waals surface area (Å²) in [7, 11) is 3.80. The number of benzene rings is 2. The molecule has 0 fully saturated rings. The Balaban J connectivity index is 1.46. The van der Waals surface area contributed by atoms with Crippen LogP contribution in [0, 0.1) is 0 Å². The quantitative estimate of drug-likeness (QED) is 0.345. The minimum absolute atomic E-state index is 0.145. The Morgan fingerprint density at radius 2 is 1.83 bits per heavy atom. The van der Waals surface area contributed by atoms with Gasteiger partial charge in [0.05, 0.1) is 25.4 Å². The average molecular weight is 519 g/mol. The summed E-state index contributed by atoms with van der Waals surface area (Å²) in [4.78, 5) is 19.7. The molecule has 8 heteroatoms. The van der Waals surface area contributed by atoms with Gasteiger partial charge in [0.1, 0.15) is 10.8 Å². The molecule has 2 amide bonds. The third kappa shape index (κ3) is 4.07. The molecule has 36 heavy (non-hydrogen) atoms. The number of anilines is 1. The zero-order valence-electron chi connectivity index (χ0n) is 20.2. The van der Waals surface area contributed by atoms with Crippen molar-refractivity contribution in [2.24, 2.45) is 0 Å². The lowest BCUT2D eigenvalue weighted by molar-refractivity contribution is 0.194. The predicted octanol–water partition coefficient (Wildman–Crippen LogP) is 6.33. The number of amides is 2. The molecule has 0 bridgehead atoms. The van der Waals surface area contributed by atoms with Crippen LogP contribution in [-0.4, -0.2) is 41.1 Å². The Morgan fingerprint density at radius 3 is 2.58 bits per heavy atom. The largest absolute Gasteiger partial charge is 0.497 e. The molecule has 2 aliphatic heterocycles. The van der Waals surface area contributed by atoms with E-state index in [4.69, 9.17) is 16.3 Å². The highest BCUT2D eigenvalue weighted by molar-refractivity contribution is 7.15. The van der Waals surface area contributed by atoms with Crippen molar-refractivity contribution in [2.75, 3.05) is 26.0 Å². The second kappa shape index (κ2) is 9.32. The van der Waals surface area contributed by atoms with Crippen molar-refractivity contribution in [1.82, 2.24) is 14.4 Å². The number of nitrogens with one attached hydrogen (secondary N) is 1. The molecule has 184 valence electrons. The number of urea groups is 1. The molecule has 0 unspecified atom stereocenters. The standard InChI is InChI=1S/C28H27ClN4O2S/c1-31-15-13-22-23-16-33(28(34)30-20-9-11-21(35-2)12-10-20)26(18-5-7-19(29)8-6-18)24-4-3-14-32(24)27(23)36-25(22)17-31/h3-12,14,26H,13,15-17H2,1-2H3,(H,30,34)/t26-/m1/s1. The monoisotopic (exact) mass is 518 g/mol. The van der Waals surface area contributed by atoms with Gasteiger partial charge in [0.15, 0.2) is 0 Å². The SMILES string of the molecule is COc1ccc(NC(=O)N2Cc3c(sc4c3CCN(C)C4)-n3cccc3[C@H]2c2ccc(Cl)cc2)cc1. The van der Waals surface area contributed by atoms with E-state index in [1.54, 1.807) is 7.11 Å². The van der Waals surface area contributed by atoms with Crippen molar-refractivity contribution in [3.05, 3.63) is 99.1 Å². The van der Waals surface area contributed by atoms with E-state index in [0.717, 1.165) is 42.2 Å². The van der Waals surface area contributed by atoms with Gasteiger partial charge in [-0.1, -0.05) is 23.7 Å². The number of likely N-dealkylation sites (N-methyl/N-ethyl adjacent to an activating group) is 1. The van der Waals surface area contributed by atoms with E-state index in [1.165, 1.54) is 21.0 Å².